The molecule has 2 fully saturated rings. The van der Waals surface area contributed by atoms with Gasteiger partial charge in [-0.1, -0.05) is 19.3 Å². The molecular formula is C16H32IN3O. The van der Waals surface area contributed by atoms with Crippen molar-refractivity contribution < 1.29 is 4.74 Å². The quantitative estimate of drug-likeness (QED) is 0.416. The topological polar surface area (TPSA) is 59.6 Å². The molecule has 0 atom stereocenters. The lowest BCUT2D eigenvalue weighted by Crippen LogP contribution is -2.41. The molecule has 0 aromatic heterocycles. The Balaban J connectivity index is 0.00000220. The van der Waals surface area contributed by atoms with Gasteiger partial charge in [-0.2, -0.15) is 0 Å². The zero-order valence-corrected chi connectivity index (χ0v) is 15.7. The van der Waals surface area contributed by atoms with Crippen LogP contribution < -0.4 is 11.1 Å². The van der Waals surface area contributed by atoms with Crippen molar-refractivity contribution in [3.63, 3.8) is 0 Å². The molecule has 3 N–H and O–H groups in total. The van der Waals surface area contributed by atoms with Crippen LogP contribution in [0.1, 0.15) is 64.2 Å². The van der Waals surface area contributed by atoms with Gasteiger partial charge in [0.25, 0.3) is 0 Å². The molecule has 4 nitrogen and oxygen atoms in total. The standard InChI is InChI=1S/C16H31N3O.HI/c1-20-15-9-7-13(8-10-15)11-12-18-16(17)19-14-5-3-2-4-6-14;/h13-15H,2-12H2,1H3,(H3,17,18,19);1H. The predicted molar refractivity (Wildman–Crippen MR) is 99.3 cm³/mol. The number of aliphatic imine (C=N–C) groups is 1. The number of nitrogens with zero attached hydrogens (tertiary/aromatic N) is 1. The smallest absolute Gasteiger partial charge is 0.188 e. The molecule has 0 aromatic rings. The number of rotatable bonds is 5. The normalized spacial score (nSPS) is 28.0. The zero-order valence-electron chi connectivity index (χ0n) is 13.4. The zero-order chi connectivity index (χ0) is 14.2. The maximum atomic E-state index is 5.98. The molecule has 0 spiro atoms. The second-order valence-corrected chi connectivity index (χ2v) is 6.41. The lowest BCUT2D eigenvalue weighted by molar-refractivity contribution is 0.0559. The van der Waals surface area contributed by atoms with Crippen LogP contribution in [0.5, 0.6) is 0 Å². The maximum absolute atomic E-state index is 5.98. The number of nitrogens with two attached hydrogens (primary N) is 1. The molecule has 0 bridgehead atoms. The minimum Gasteiger partial charge on any atom is -0.381 e. The van der Waals surface area contributed by atoms with Crippen LogP contribution >= 0.6 is 24.0 Å². The van der Waals surface area contributed by atoms with E-state index in [1.54, 1.807) is 0 Å². The van der Waals surface area contributed by atoms with Crippen LogP contribution in [-0.4, -0.2) is 31.8 Å². The molecular weight excluding hydrogens is 377 g/mol. The van der Waals surface area contributed by atoms with Gasteiger partial charge in [0.2, 0.25) is 0 Å². The van der Waals surface area contributed by atoms with Crippen LogP contribution in [-0.2, 0) is 4.74 Å². The molecule has 0 radical (unpaired) electrons. The summed E-state index contributed by atoms with van der Waals surface area (Å²) in [5, 5.41) is 3.38. The van der Waals surface area contributed by atoms with E-state index < -0.39 is 0 Å². The van der Waals surface area contributed by atoms with E-state index in [1.807, 2.05) is 7.11 Å². The first kappa shape index (κ1) is 19.0. The molecule has 0 heterocycles. The van der Waals surface area contributed by atoms with Gasteiger partial charge in [-0.15, -0.1) is 24.0 Å². The third kappa shape index (κ3) is 7.17. The number of methoxy groups -OCH3 is 1. The van der Waals surface area contributed by atoms with Gasteiger partial charge in [-0.25, -0.2) is 0 Å². The van der Waals surface area contributed by atoms with Crippen molar-refractivity contribution in [1.29, 1.82) is 0 Å². The van der Waals surface area contributed by atoms with E-state index in [4.69, 9.17) is 10.5 Å². The molecule has 5 heteroatoms. The largest absolute Gasteiger partial charge is 0.381 e. The fourth-order valence-corrected chi connectivity index (χ4v) is 3.53. The molecule has 0 amide bonds. The molecule has 21 heavy (non-hydrogen) atoms. The molecule has 2 saturated carbocycles. The molecule has 0 unspecified atom stereocenters. The lowest BCUT2D eigenvalue weighted by atomic mass is 9.85. The van der Waals surface area contributed by atoms with Crippen molar-refractivity contribution in [2.24, 2.45) is 16.6 Å². The lowest BCUT2D eigenvalue weighted by Gasteiger charge is -2.27. The van der Waals surface area contributed by atoms with E-state index in [2.05, 4.69) is 10.3 Å². The highest BCUT2D eigenvalue weighted by atomic mass is 127. The molecule has 0 saturated heterocycles. The van der Waals surface area contributed by atoms with E-state index in [1.165, 1.54) is 64.2 Å². The summed E-state index contributed by atoms with van der Waals surface area (Å²) in [7, 11) is 1.83. The molecule has 2 aliphatic rings. The molecule has 2 aliphatic carbocycles. The summed E-state index contributed by atoms with van der Waals surface area (Å²) < 4.78 is 5.41. The Bertz CT molecular complexity index is 298. The average Bonchev–Trinajstić information content (AvgIpc) is 2.49. The highest BCUT2D eigenvalue weighted by molar-refractivity contribution is 14.0. The molecule has 0 aliphatic heterocycles. The number of hydrogen-bond donors (Lipinski definition) is 2. The van der Waals surface area contributed by atoms with E-state index in [0.29, 0.717) is 18.1 Å². The summed E-state index contributed by atoms with van der Waals surface area (Å²) >= 11 is 0. The Kier molecular flexibility index (Phi) is 9.64. The van der Waals surface area contributed by atoms with Crippen molar-refractivity contribution in [1.82, 2.24) is 5.32 Å². The fourth-order valence-electron chi connectivity index (χ4n) is 3.53. The summed E-state index contributed by atoms with van der Waals surface area (Å²) in [5.74, 6) is 1.47. The van der Waals surface area contributed by atoms with Gasteiger partial charge in [0, 0.05) is 19.7 Å². The van der Waals surface area contributed by atoms with Gasteiger partial charge in [0.05, 0.1) is 6.10 Å². The summed E-state index contributed by atoms with van der Waals surface area (Å²) in [6.45, 7) is 0.869. The van der Waals surface area contributed by atoms with Gasteiger partial charge in [-0.05, 0) is 50.9 Å². The Labute approximate surface area is 146 Å². The first-order valence-corrected chi connectivity index (χ1v) is 8.37. The number of guanidine groups is 1. The number of halogens is 1. The van der Waals surface area contributed by atoms with E-state index in [0.717, 1.165) is 12.5 Å². The van der Waals surface area contributed by atoms with Gasteiger partial charge >= 0.3 is 0 Å². The summed E-state index contributed by atoms with van der Waals surface area (Å²) in [6.07, 6.45) is 13.2. The minimum absolute atomic E-state index is 0. The van der Waals surface area contributed by atoms with Crippen molar-refractivity contribution in [2.45, 2.75) is 76.4 Å². The van der Waals surface area contributed by atoms with E-state index in [-0.39, 0.29) is 24.0 Å². The predicted octanol–water partition coefficient (Wildman–Crippen LogP) is 3.44. The maximum Gasteiger partial charge on any atom is 0.188 e. The van der Waals surface area contributed by atoms with Gasteiger partial charge in [0.15, 0.2) is 5.96 Å². The Morgan fingerprint density at radius 2 is 1.76 bits per heavy atom. The number of nitrogens with one attached hydrogen (secondary N) is 1. The fraction of sp³-hybridized carbons (Fsp3) is 0.938. The van der Waals surface area contributed by atoms with Crippen LogP contribution in [0, 0.1) is 5.92 Å². The molecule has 124 valence electrons. The number of ether oxygens (including phenoxy) is 1. The summed E-state index contributed by atoms with van der Waals surface area (Å²) in [6, 6.07) is 0.560. The third-order valence-corrected chi connectivity index (χ3v) is 4.90. The van der Waals surface area contributed by atoms with Gasteiger partial charge in [0.1, 0.15) is 0 Å². The highest BCUT2D eigenvalue weighted by Gasteiger charge is 2.20. The summed E-state index contributed by atoms with van der Waals surface area (Å²) in [4.78, 5) is 4.50. The monoisotopic (exact) mass is 409 g/mol. The van der Waals surface area contributed by atoms with Crippen molar-refractivity contribution in [3.8, 4) is 0 Å². The van der Waals surface area contributed by atoms with Crippen LogP contribution in [0.3, 0.4) is 0 Å². The summed E-state index contributed by atoms with van der Waals surface area (Å²) in [5.41, 5.74) is 5.98. The second-order valence-electron chi connectivity index (χ2n) is 6.41. The van der Waals surface area contributed by atoms with Crippen molar-refractivity contribution >= 4 is 29.9 Å². The highest BCUT2D eigenvalue weighted by Crippen LogP contribution is 2.28. The van der Waals surface area contributed by atoms with Crippen LogP contribution in [0.15, 0.2) is 4.99 Å². The van der Waals surface area contributed by atoms with Crippen molar-refractivity contribution in [2.75, 3.05) is 13.7 Å². The first-order chi connectivity index (χ1) is 9.78. The van der Waals surface area contributed by atoms with Crippen LogP contribution in [0.4, 0.5) is 0 Å². The Morgan fingerprint density at radius 3 is 2.38 bits per heavy atom. The third-order valence-electron chi connectivity index (χ3n) is 4.90. The van der Waals surface area contributed by atoms with Crippen molar-refractivity contribution in [3.05, 3.63) is 0 Å². The second kappa shape index (κ2) is 10.6. The Morgan fingerprint density at radius 1 is 1.10 bits per heavy atom. The minimum atomic E-state index is 0. The van der Waals surface area contributed by atoms with Gasteiger partial charge < -0.3 is 15.8 Å². The van der Waals surface area contributed by atoms with Gasteiger partial charge in [-0.3, -0.25) is 4.99 Å². The average molecular weight is 409 g/mol. The van der Waals surface area contributed by atoms with Crippen LogP contribution in [0.25, 0.3) is 0 Å². The first-order valence-electron chi connectivity index (χ1n) is 8.37. The Hall–Kier alpha value is -0.0400. The van der Waals surface area contributed by atoms with Crippen LogP contribution in [0.2, 0.25) is 0 Å². The molecule has 2 rings (SSSR count). The van der Waals surface area contributed by atoms with E-state index in [9.17, 15) is 0 Å². The molecule has 0 aromatic carbocycles. The van der Waals surface area contributed by atoms with E-state index >= 15 is 0 Å². The SMILES string of the molecule is COC1CCC(CCN=C(N)NC2CCCCC2)CC1.I. The number of hydrogen-bond acceptors (Lipinski definition) is 2.